The molecule has 3 aliphatic rings. The van der Waals surface area contributed by atoms with Crippen LogP contribution in [-0.2, 0) is 14.4 Å². The average Bonchev–Trinajstić information content (AvgIpc) is 3.76. The maximum atomic E-state index is 7.10. The largest absolute Gasteiger partial charge is 0.422 e. The second-order valence-electron chi connectivity index (χ2n) is 12.8. The quantitative estimate of drug-likeness (QED) is 0.173. The van der Waals surface area contributed by atoms with Crippen LogP contribution in [0.1, 0.15) is 46.7 Å². The summed E-state index contributed by atoms with van der Waals surface area (Å²) in [5.74, 6) is -1.95. The SMILES string of the molecule is C[C@H](c1ccccc1)N1C/C(=C\c2ccccc2Cl)[C@@]2(ON=C(c3ccc(Cl)cc3)O2)[C@@]2(C1)ON=C(c1ccc(Cl)cc1)[C@@H]2c1ccccc1Cl. The molecule has 51 heavy (non-hydrogen) atoms. The summed E-state index contributed by atoms with van der Waals surface area (Å²) < 4.78 is 7.09. The molecule has 8 rings (SSSR count). The highest BCUT2D eigenvalue weighted by molar-refractivity contribution is 6.32. The first-order valence-electron chi connectivity index (χ1n) is 16.5. The highest BCUT2D eigenvalue weighted by Gasteiger charge is 2.74. The molecule has 0 saturated carbocycles. The fourth-order valence-corrected chi connectivity index (χ4v) is 7.93. The summed E-state index contributed by atoms with van der Waals surface area (Å²) in [5.41, 5.74) is 4.24. The molecular formula is C41H31Cl4N3O3. The maximum Gasteiger partial charge on any atom is 0.346 e. The molecule has 0 radical (unpaired) electrons. The fourth-order valence-electron chi connectivity index (χ4n) is 7.24. The van der Waals surface area contributed by atoms with Gasteiger partial charge in [0, 0.05) is 49.4 Å². The number of fused-ring (bicyclic) bond motifs is 1. The van der Waals surface area contributed by atoms with E-state index in [4.69, 9.17) is 66.0 Å². The van der Waals surface area contributed by atoms with E-state index in [9.17, 15) is 0 Å². The van der Waals surface area contributed by atoms with E-state index in [1.54, 1.807) is 12.1 Å². The van der Waals surface area contributed by atoms with Crippen LogP contribution in [0.15, 0.2) is 143 Å². The predicted octanol–water partition coefficient (Wildman–Crippen LogP) is 10.8. The van der Waals surface area contributed by atoms with E-state index in [0.717, 1.165) is 27.8 Å². The second-order valence-corrected chi connectivity index (χ2v) is 14.5. The Hall–Kier alpha value is -4.30. The number of piperidine rings is 1. The smallest absolute Gasteiger partial charge is 0.346 e. The van der Waals surface area contributed by atoms with Crippen molar-refractivity contribution in [2.24, 2.45) is 10.3 Å². The van der Waals surface area contributed by atoms with Crippen LogP contribution in [-0.4, -0.2) is 41.0 Å². The second kappa shape index (κ2) is 13.7. The van der Waals surface area contributed by atoms with Gasteiger partial charge in [0.2, 0.25) is 5.60 Å². The van der Waals surface area contributed by atoms with Gasteiger partial charge in [-0.05, 0) is 83.4 Å². The van der Waals surface area contributed by atoms with Crippen molar-refractivity contribution in [3.8, 4) is 0 Å². The van der Waals surface area contributed by atoms with Crippen molar-refractivity contribution in [1.82, 2.24) is 4.90 Å². The van der Waals surface area contributed by atoms with E-state index in [1.807, 2.05) is 109 Å². The zero-order chi connectivity index (χ0) is 35.2. The topological polar surface area (TPSA) is 55.7 Å². The summed E-state index contributed by atoms with van der Waals surface area (Å²) in [6, 6.07) is 40.5. The molecule has 3 aliphatic heterocycles. The lowest BCUT2D eigenvalue weighted by atomic mass is 9.68. The molecule has 6 nitrogen and oxygen atoms in total. The summed E-state index contributed by atoms with van der Waals surface area (Å²) in [6.45, 7) is 2.94. The molecular weight excluding hydrogens is 724 g/mol. The highest BCUT2D eigenvalue weighted by atomic mass is 35.5. The Kier molecular flexibility index (Phi) is 9.07. The summed E-state index contributed by atoms with van der Waals surface area (Å²) in [4.78, 5) is 15.9. The van der Waals surface area contributed by atoms with E-state index in [1.165, 1.54) is 0 Å². The zero-order valence-electron chi connectivity index (χ0n) is 27.3. The van der Waals surface area contributed by atoms with Crippen LogP contribution >= 0.6 is 46.4 Å². The van der Waals surface area contributed by atoms with Gasteiger partial charge in [-0.15, -0.1) is 0 Å². The van der Waals surface area contributed by atoms with Crippen LogP contribution in [0, 0.1) is 0 Å². The van der Waals surface area contributed by atoms with Gasteiger partial charge in [0.15, 0.2) is 0 Å². The normalized spacial score (nSPS) is 24.2. The number of nitrogens with zero attached hydrogens (tertiary/aromatic N) is 3. The van der Waals surface area contributed by atoms with Crippen LogP contribution < -0.4 is 0 Å². The first-order valence-corrected chi connectivity index (χ1v) is 18.0. The summed E-state index contributed by atoms with van der Waals surface area (Å²) in [6.07, 6.45) is 2.02. The summed E-state index contributed by atoms with van der Waals surface area (Å²) in [5, 5.41) is 11.8. The van der Waals surface area contributed by atoms with E-state index < -0.39 is 17.3 Å². The Morgan fingerprint density at radius 2 is 1.33 bits per heavy atom. The minimum atomic E-state index is -1.63. The molecule has 1 fully saturated rings. The molecule has 4 atom stereocenters. The first-order chi connectivity index (χ1) is 24.8. The summed E-state index contributed by atoms with van der Waals surface area (Å²) >= 11 is 26.6. The third-order valence-electron chi connectivity index (χ3n) is 9.85. The van der Waals surface area contributed by atoms with Crippen molar-refractivity contribution >= 4 is 64.1 Å². The maximum absolute atomic E-state index is 7.10. The molecule has 0 bridgehead atoms. The van der Waals surface area contributed by atoms with Crippen LogP contribution in [0.2, 0.25) is 20.1 Å². The van der Waals surface area contributed by atoms with Gasteiger partial charge in [-0.2, -0.15) is 0 Å². The zero-order valence-corrected chi connectivity index (χ0v) is 30.4. The van der Waals surface area contributed by atoms with Gasteiger partial charge in [0.05, 0.1) is 18.2 Å². The van der Waals surface area contributed by atoms with Crippen molar-refractivity contribution in [2.75, 3.05) is 13.1 Å². The number of ether oxygens (including phenoxy) is 1. The lowest BCUT2D eigenvalue weighted by Gasteiger charge is -2.52. The molecule has 0 aromatic heterocycles. The molecule has 3 heterocycles. The van der Waals surface area contributed by atoms with Gasteiger partial charge in [-0.1, -0.05) is 130 Å². The number of likely N-dealkylation sites (tertiary alicyclic amines) is 1. The molecule has 2 spiro atoms. The van der Waals surface area contributed by atoms with Gasteiger partial charge >= 0.3 is 5.79 Å². The van der Waals surface area contributed by atoms with Crippen LogP contribution in [0.3, 0.4) is 0 Å². The lowest BCUT2D eigenvalue weighted by Crippen LogP contribution is -2.70. The molecule has 10 heteroatoms. The van der Waals surface area contributed by atoms with Gasteiger partial charge in [-0.3, -0.25) is 4.90 Å². The molecule has 5 aromatic rings. The molecule has 0 amide bonds. The third kappa shape index (κ3) is 5.99. The Bertz CT molecular complexity index is 2180. The van der Waals surface area contributed by atoms with Gasteiger partial charge in [-0.25, -0.2) is 0 Å². The summed E-state index contributed by atoms with van der Waals surface area (Å²) in [7, 11) is 0. The first kappa shape index (κ1) is 33.8. The Morgan fingerprint density at radius 3 is 2.02 bits per heavy atom. The molecule has 0 aliphatic carbocycles. The molecule has 5 aromatic carbocycles. The number of hydrogen-bond acceptors (Lipinski definition) is 6. The Morgan fingerprint density at radius 1 is 0.706 bits per heavy atom. The molecule has 0 N–H and O–H groups in total. The molecule has 1 saturated heterocycles. The molecule has 0 unspecified atom stereocenters. The lowest BCUT2D eigenvalue weighted by molar-refractivity contribution is -0.279. The minimum absolute atomic E-state index is 0.0526. The van der Waals surface area contributed by atoms with Crippen LogP contribution in [0.5, 0.6) is 0 Å². The predicted molar refractivity (Wildman–Crippen MR) is 205 cm³/mol. The average molecular weight is 756 g/mol. The van der Waals surface area contributed by atoms with E-state index in [0.29, 0.717) is 44.5 Å². The number of hydrogen-bond donors (Lipinski definition) is 0. The van der Waals surface area contributed by atoms with Crippen molar-refractivity contribution in [1.29, 1.82) is 0 Å². The highest BCUT2D eigenvalue weighted by Crippen LogP contribution is 2.57. The fraction of sp³-hybridized carbons (Fsp3) is 0.171. The van der Waals surface area contributed by atoms with E-state index >= 15 is 0 Å². The van der Waals surface area contributed by atoms with Gasteiger partial charge in [0.25, 0.3) is 5.90 Å². The van der Waals surface area contributed by atoms with Crippen molar-refractivity contribution in [2.45, 2.75) is 30.3 Å². The number of rotatable bonds is 6. The Labute approximate surface area is 316 Å². The third-order valence-corrected chi connectivity index (χ3v) is 11.0. The van der Waals surface area contributed by atoms with Crippen LogP contribution in [0.4, 0.5) is 0 Å². The molecule has 256 valence electrons. The standard InChI is InChI=1S/C41H31Cl4N3O3/c1-26(27-9-3-2-4-10-27)48-24-31(23-30-11-5-7-13-35(30)44)41(49-39(47-51-41)29-17-21-33(43)22-18-29)40(25-48)37(34-12-6-8-14-36(34)45)38(46-50-40)28-15-19-32(42)20-16-28/h2-23,26,37H,24-25H2,1H3/b31-23+/t26-,37+,40+,41-/m1/s1. The van der Waals surface area contributed by atoms with Gasteiger partial charge in [0.1, 0.15) is 0 Å². The van der Waals surface area contributed by atoms with E-state index in [2.05, 4.69) is 29.1 Å². The van der Waals surface area contributed by atoms with E-state index in [-0.39, 0.29) is 11.9 Å². The monoisotopic (exact) mass is 753 g/mol. The Balaban J connectivity index is 1.38. The number of oxime groups is 2. The van der Waals surface area contributed by atoms with Gasteiger partial charge < -0.3 is 14.4 Å². The van der Waals surface area contributed by atoms with Crippen LogP contribution in [0.25, 0.3) is 6.08 Å². The number of benzene rings is 5. The van der Waals surface area contributed by atoms with Crippen molar-refractivity contribution < 1.29 is 14.4 Å². The number of halogens is 4. The minimum Gasteiger partial charge on any atom is -0.422 e. The van der Waals surface area contributed by atoms with Crippen molar-refractivity contribution in [3.63, 3.8) is 0 Å². The van der Waals surface area contributed by atoms with Crippen molar-refractivity contribution in [3.05, 3.63) is 181 Å².